The van der Waals surface area contributed by atoms with E-state index in [9.17, 15) is 4.79 Å². The zero-order valence-electron chi connectivity index (χ0n) is 16.0. The van der Waals surface area contributed by atoms with Crippen LogP contribution in [-0.4, -0.2) is 91.8 Å². The van der Waals surface area contributed by atoms with Gasteiger partial charge in [0.2, 0.25) is 0 Å². The van der Waals surface area contributed by atoms with Gasteiger partial charge in [-0.2, -0.15) is 0 Å². The highest BCUT2D eigenvalue weighted by molar-refractivity contribution is 5.81. The Bertz CT molecular complexity index is 559. The Morgan fingerprint density at radius 1 is 1.15 bits per heavy atom. The molecule has 3 rings (SSSR count). The van der Waals surface area contributed by atoms with Crippen molar-refractivity contribution in [1.29, 1.82) is 0 Å². The molecule has 2 aliphatic rings. The first kappa shape index (κ1) is 19.1. The zero-order valence-corrected chi connectivity index (χ0v) is 16.0. The summed E-state index contributed by atoms with van der Waals surface area (Å²) in [4.78, 5) is 19.4. The van der Waals surface area contributed by atoms with Crippen LogP contribution in [0.15, 0.2) is 30.3 Å². The third-order valence-corrected chi connectivity index (χ3v) is 5.21. The Morgan fingerprint density at radius 3 is 2.58 bits per heavy atom. The van der Waals surface area contributed by atoms with Gasteiger partial charge in [0, 0.05) is 51.9 Å². The Hall–Kier alpha value is -1.63. The first-order valence-electron chi connectivity index (χ1n) is 9.68. The van der Waals surface area contributed by atoms with Gasteiger partial charge in [-0.15, -0.1) is 0 Å². The molecule has 2 heterocycles. The molecule has 144 valence electrons. The van der Waals surface area contributed by atoms with Crippen LogP contribution in [0.3, 0.4) is 0 Å². The van der Waals surface area contributed by atoms with Crippen LogP contribution >= 0.6 is 0 Å². The van der Waals surface area contributed by atoms with E-state index in [-0.39, 0.29) is 12.0 Å². The summed E-state index contributed by atoms with van der Waals surface area (Å²) >= 11 is 0. The lowest BCUT2D eigenvalue weighted by molar-refractivity contribution is -0.152. The molecule has 0 aliphatic carbocycles. The lowest BCUT2D eigenvalue weighted by atomic mass is 10.2. The number of rotatable bonds is 6. The van der Waals surface area contributed by atoms with Crippen molar-refractivity contribution in [2.24, 2.45) is 0 Å². The molecule has 0 aromatic heterocycles. The van der Waals surface area contributed by atoms with Crippen LogP contribution in [-0.2, 0) is 9.53 Å². The lowest BCUT2D eigenvalue weighted by Gasteiger charge is -2.39. The predicted molar refractivity (Wildman–Crippen MR) is 101 cm³/mol. The van der Waals surface area contributed by atoms with Gasteiger partial charge in [0.1, 0.15) is 18.5 Å². The van der Waals surface area contributed by atoms with Crippen LogP contribution in [0.25, 0.3) is 0 Å². The van der Waals surface area contributed by atoms with Gasteiger partial charge in [0.25, 0.3) is 5.91 Å². The second-order valence-corrected chi connectivity index (χ2v) is 7.28. The van der Waals surface area contributed by atoms with Crippen molar-refractivity contribution in [3.05, 3.63) is 30.3 Å². The summed E-state index contributed by atoms with van der Waals surface area (Å²) in [5.41, 5.74) is 0. The van der Waals surface area contributed by atoms with Gasteiger partial charge in [0.15, 0.2) is 0 Å². The standard InChI is InChI=1S/C20H31N3O3/c1-17(2)23-13-15-26-19(16-23)20(24)22-10-8-21(9-11-22)12-14-25-18-6-4-3-5-7-18/h3-7,17,19H,8-16H2,1-2H3. The smallest absolute Gasteiger partial charge is 0.253 e. The molecule has 2 fully saturated rings. The molecule has 1 aromatic rings. The maximum absolute atomic E-state index is 12.8. The molecule has 6 nitrogen and oxygen atoms in total. The topological polar surface area (TPSA) is 45.2 Å². The zero-order chi connectivity index (χ0) is 18.4. The molecule has 1 aromatic carbocycles. The van der Waals surface area contributed by atoms with E-state index < -0.39 is 0 Å². The minimum Gasteiger partial charge on any atom is -0.492 e. The third kappa shape index (κ3) is 5.19. The molecule has 0 saturated carbocycles. The number of nitrogens with zero attached hydrogens (tertiary/aromatic N) is 3. The number of amides is 1. The average Bonchev–Trinajstić information content (AvgIpc) is 2.69. The van der Waals surface area contributed by atoms with E-state index in [1.807, 2.05) is 35.2 Å². The van der Waals surface area contributed by atoms with E-state index >= 15 is 0 Å². The summed E-state index contributed by atoms with van der Waals surface area (Å²) < 4.78 is 11.5. The van der Waals surface area contributed by atoms with Crippen LogP contribution in [0.1, 0.15) is 13.8 Å². The van der Waals surface area contributed by atoms with Crippen LogP contribution in [0.5, 0.6) is 5.75 Å². The third-order valence-electron chi connectivity index (χ3n) is 5.21. The number of hydrogen-bond donors (Lipinski definition) is 0. The molecule has 0 spiro atoms. The molecule has 0 N–H and O–H groups in total. The minimum absolute atomic E-state index is 0.149. The number of carbonyl (C=O) groups is 1. The fraction of sp³-hybridized carbons (Fsp3) is 0.650. The molecule has 6 heteroatoms. The largest absolute Gasteiger partial charge is 0.492 e. The molecule has 1 amide bonds. The number of para-hydroxylation sites is 1. The number of piperazine rings is 1. The highest BCUT2D eigenvalue weighted by atomic mass is 16.5. The monoisotopic (exact) mass is 361 g/mol. The number of morpholine rings is 1. The molecule has 0 radical (unpaired) electrons. The lowest BCUT2D eigenvalue weighted by Crippen LogP contribution is -2.56. The van der Waals surface area contributed by atoms with E-state index in [0.717, 1.165) is 45.0 Å². The van der Waals surface area contributed by atoms with E-state index in [4.69, 9.17) is 9.47 Å². The van der Waals surface area contributed by atoms with Crippen LogP contribution in [0, 0.1) is 0 Å². The van der Waals surface area contributed by atoms with Crippen molar-refractivity contribution in [3.8, 4) is 5.75 Å². The summed E-state index contributed by atoms with van der Waals surface area (Å²) in [6.45, 7) is 11.5. The average molecular weight is 361 g/mol. The Labute approximate surface area is 156 Å². The molecule has 2 saturated heterocycles. The molecular formula is C20H31N3O3. The summed E-state index contributed by atoms with van der Waals surface area (Å²) in [6.07, 6.45) is -0.306. The van der Waals surface area contributed by atoms with E-state index in [2.05, 4.69) is 23.6 Å². The van der Waals surface area contributed by atoms with Gasteiger partial charge in [-0.05, 0) is 26.0 Å². The summed E-state index contributed by atoms with van der Waals surface area (Å²) in [7, 11) is 0. The van der Waals surface area contributed by atoms with Gasteiger partial charge < -0.3 is 14.4 Å². The maximum Gasteiger partial charge on any atom is 0.253 e. The molecular weight excluding hydrogens is 330 g/mol. The second-order valence-electron chi connectivity index (χ2n) is 7.28. The van der Waals surface area contributed by atoms with E-state index in [1.54, 1.807) is 0 Å². The molecule has 1 atom stereocenters. The fourth-order valence-electron chi connectivity index (χ4n) is 3.49. The van der Waals surface area contributed by atoms with Gasteiger partial charge in [-0.25, -0.2) is 0 Å². The Kier molecular flexibility index (Phi) is 6.88. The highest BCUT2D eigenvalue weighted by Gasteiger charge is 2.32. The van der Waals surface area contributed by atoms with E-state index in [1.165, 1.54) is 0 Å². The van der Waals surface area contributed by atoms with Crippen molar-refractivity contribution in [2.75, 3.05) is 59.0 Å². The summed E-state index contributed by atoms with van der Waals surface area (Å²) in [5, 5.41) is 0. The number of benzene rings is 1. The number of carbonyl (C=O) groups excluding carboxylic acids is 1. The van der Waals surface area contributed by atoms with Crippen LogP contribution < -0.4 is 4.74 Å². The van der Waals surface area contributed by atoms with Crippen LogP contribution in [0.4, 0.5) is 0 Å². The van der Waals surface area contributed by atoms with Crippen molar-refractivity contribution in [1.82, 2.24) is 14.7 Å². The Balaban J connectivity index is 1.38. The number of ether oxygens (including phenoxy) is 2. The maximum atomic E-state index is 12.8. The first-order valence-corrected chi connectivity index (χ1v) is 9.68. The van der Waals surface area contributed by atoms with Crippen molar-refractivity contribution >= 4 is 5.91 Å². The molecule has 26 heavy (non-hydrogen) atoms. The van der Waals surface area contributed by atoms with Gasteiger partial charge in [-0.3, -0.25) is 14.6 Å². The molecule has 0 bridgehead atoms. The van der Waals surface area contributed by atoms with Crippen molar-refractivity contribution in [2.45, 2.75) is 26.0 Å². The van der Waals surface area contributed by atoms with Crippen molar-refractivity contribution in [3.63, 3.8) is 0 Å². The predicted octanol–water partition coefficient (Wildman–Crippen LogP) is 1.32. The molecule has 2 aliphatic heterocycles. The normalized spacial score (nSPS) is 22.6. The van der Waals surface area contributed by atoms with Crippen LogP contribution in [0.2, 0.25) is 0 Å². The summed E-state index contributed by atoms with van der Waals surface area (Å²) in [6, 6.07) is 10.3. The quantitative estimate of drug-likeness (QED) is 0.765. The highest BCUT2D eigenvalue weighted by Crippen LogP contribution is 2.13. The van der Waals surface area contributed by atoms with Gasteiger partial charge in [0.05, 0.1) is 6.61 Å². The van der Waals surface area contributed by atoms with Gasteiger partial charge in [-0.1, -0.05) is 18.2 Å². The van der Waals surface area contributed by atoms with Gasteiger partial charge >= 0.3 is 0 Å². The fourth-order valence-corrected chi connectivity index (χ4v) is 3.49. The summed E-state index contributed by atoms with van der Waals surface area (Å²) in [5.74, 6) is 1.06. The molecule has 1 unspecified atom stereocenters. The second kappa shape index (κ2) is 9.35. The number of hydrogen-bond acceptors (Lipinski definition) is 5. The minimum atomic E-state index is -0.306. The SMILES string of the molecule is CC(C)N1CCOC(C(=O)N2CCN(CCOc3ccccc3)CC2)C1. The Morgan fingerprint density at radius 2 is 1.88 bits per heavy atom. The van der Waals surface area contributed by atoms with E-state index in [0.29, 0.717) is 25.8 Å². The first-order chi connectivity index (χ1) is 12.6. The van der Waals surface area contributed by atoms with Crippen molar-refractivity contribution < 1.29 is 14.3 Å².